The van der Waals surface area contributed by atoms with E-state index in [1.54, 1.807) is 0 Å². The Bertz CT molecular complexity index is 1150. The molecular formula is C25H29FN4. The molecule has 4 rings (SSSR count). The van der Waals surface area contributed by atoms with E-state index in [2.05, 4.69) is 66.1 Å². The number of aryl methyl sites for hydroxylation is 1. The van der Waals surface area contributed by atoms with Crippen molar-refractivity contribution in [3.05, 3.63) is 77.4 Å². The summed E-state index contributed by atoms with van der Waals surface area (Å²) >= 11 is 0. The molecule has 4 aromatic rings. The summed E-state index contributed by atoms with van der Waals surface area (Å²) in [5.74, 6) is -0.207. The molecule has 4 nitrogen and oxygen atoms in total. The largest absolute Gasteiger partial charge is 0.334 e. The molecule has 0 fully saturated rings. The zero-order valence-electron chi connectivity index (χ0n) is 18.0. The first-order valence-electron chi connectivity index (χ1n) is 10.5. The van der Waals surface area contributed by atoms with Crippen LogP contribution >= 0.6 is 0 Å². The van der Waals surface area contributed by atoms with Gasteiger partial charge in [-0.15, -0.1) is 0 Å². The standard InChI is InChI=1S/C25H29FN4/c1-18-25-23(15-21(28-18)16-27-13-6-14-29(2)3)22-7-4-5-8-24(22)30(25)17-19-9-11-20(26)12-10-19/h4-5,7-12,15,27H,6,13-14,16-17H2,1-3H3. The molecule has 0 atom stereocenters. The van der Waals surface area contributed by atoms with E-state index in [-0.39, 0.29) is 5.82 Å². The molecule has 5 heteroatoms. The van der Waals surface area contributed by atoms with E-state index in [4.69, 9.17) is 4.98 Å². The SMILES string of the molecule is Cc1nc(CNCCCN(C)C)cc2c3ccccc3n(Cc3ccc(F)cc3)c12. The maximum Gasteiger partial charge on any atom is 0.123 e. The van der Waals surface area contributed by atoms with Crippen LogP contribution < -0.4 is 5.32 Å². The van der Waals surface area contributed by atoms with Crippen LogP contribution in [-0.4, -0.2) is 41.6 Å². The van der Waals surface area contributed by atoms with Crippen molar-refractivity contribution in [3.63, 3.8) is 0 Å². The molecule has 0 amide bonds. The minimum atomic E-state index is -0.207. The van der Waals surface area contributed by atoms with Crippen molar-refractivity contribution in [2.45, 2.75) is 26.4 Å². The van der Waals surface area contributed by atoms with Gasteiger partial charge in [-0.05, 0) is 70.4 Å². The van der Waals surface area contributed by atoms with Crippen molar-refractivity contribution in [3.8, 4) is 0 Å². The maximum atomic E-state index is 13.3. The van der Waals surface area contributed by atoms with Gasteiger partial charge in [-0.1, -0.05) is 30.3 Å². The van der Waals surface area contributed by atoms with Crippen LogP contribution in [0.15, 0.2) is 54.6 Å². The molecule has 0 bridgehead atoms. The fourth-order valence-corrected chi connectivity index (χ4v) is 4.10. The minimum Gasteiger partial charge on any atom is -0.334 e. The average molecular weight is 405 g/mol. The Labute approximate surface area is 177 Å². The van der Waals surface area contributed by atoms with Crippen molar-refractivity contribution in [2.75, 3.05) is 27.2 Å². The fourth-order valence-electron chi connectivity index (χ4n) is 4.10. The van der Waals surface area contributed by atoms with Gasteiger partial charge in [0.15, 0.2) is 0 Å². The fraction of sp³-hybridized carbons (Fsp3) is 0.320. The summed E-state index contributed by atoms with van der Waals surface area (Å²) in [4.78, 5) is 7.09. The molecular weight excluding hydrogens is 375 g/mol. The highest BCUT2D eigenvalue weighted by atomic mass is 19.1. The average Bonchev–Trinajstić information content (AvgIpc) is 3.03. The van der Waals surface area contributed by atoms with Gasteiger partial charge in [0.2, 0.25) is 0 Å². The Balaban J connectivity index is 1.67. The van der Waals surface area contributed by atoms with Crippen LogP contribution in [0.1, 0.15) is 23.4 Å². The highest BCUT2D eigenvalue weighted by Crippen LogP contribution is 2.31. The van der Waals surface area contributed by atoms with Gasteiger partial charge in [0.1, 0.15) is 5.82 Å². The smallest absolute Gasteiger partial charge is 0.123 e. The molecule has 0 radical (unpaired) electrons. The number of rotatable bonds is 8. The third-order valence-electron chi connectivity index (χ3n) is 5.49. The Hall–Kier alpha value is -2.76. The second-order valence-electron chi connectivity index (χ2n) is 8.16. The van der Waals surface area contributed by atoms with Crippen LogP contribution in [0.2, 0.25) is 0 Å². The molecule has 0 saturated carbocycles. The normalized spacial score (nSPS) is 11.8. The summed E-state index contributed by atoms with van der Waals surface area (Å²) in [6.45, 7) is 5.59. The van der Waals surface area contributed by atoms with Crippen LogP contribution in [0.25, 0.3) is 21.8 Å². The van der Waals surface area contributed by atoms with Crippen molar-refractivity contribution in [1.29, 1.82) is 0 Å². The number of hydrogen-bond acceptors (Lipinski definition) is 3. The summed E-state index contributed by atoms with van der Waals surface area (Å²) in [5.41, 5.74) is 5.49. The van der Waals surface area contributed by atoms with E-state index in [0.717, 1.165) is 48.5 Å². The summed E-state index contributed by atoms with van der Waals surface area (Å²) in [6, 6.07) is 17.4. The van der Waals surface area contributed by atoms with Gasteiger partial charge < -0.3 is 14.8 Å². The number of fused-ring (bicyclic) bond motifs is 3. The van der Waals surface area contributed by atoms with Crippen molar-refractivity contribution in [2.24, 2.45) is 0 Å². The van der Waals surface area contributed by atoms with Crippen LogP contribution in [0.4, 0.5) is 4.39 Å². The van der Waals surface area contributed by atoms with Gasteiger partial charge in [-0.3, -0.25) is 4.98 Å². The van der Waals surface area contributed by atoms with Gasteiger partial charge in [-0.2, -0.15) is 0 Å². The molecule has 0 unspecified atom stereocenters. The lowest BCUT2D eigenvalue weighted by atomic mass is 10.1. The summed E-state index contributed by atoms with van der Waals surface area (Å²) in [5, 5.41) is 5.98. The van der Waals surface area contributed by atoms with E-state index < -0.39 is 0 Å². The number of halogens is 1. The minimum absolute atomic E-state index is 0.207. The van der Waals surface area contributed by atoms with Crippen LogP contribution in [-0.2, 0) is 13.1 Å². The highest BCUT2D eigenvalue weighted by Gasteiger charge is 2.15. The van der Waals surface area contributed by atoms with Gasteiger partial charge in [0.05, 0.1) is 16.9 Å². The van der Waals surface area contributed by atoms with E-state index in [9.17, 15) is 4.39 Å². The first-order valence-corrected chi connectivity index (χ1v) is 10.5. The Kier molecular flexibility index (Phi) is 6.11. The van der Waals surface area contributed by atoms with E-state index in [0.29, 0.717) is 6.54 Å². The monoisotopic (exact) mass is 404 g/mol. The third-order valence-corrected chi connectivity index (χ3v) is 5.49. The zero-order chi connectivity index (χ0) is 21.1. The van der Waals surface area contributed by atoms with Gasteiger partial charge in [0.25, 0.3) is 0 Å². The number of aromatic nitrogens is 2. The molecule has 2 heterocycles. The number of hydrogen-bond donors (Lipinski definition) is 1. The molecule has 0 aliphatic rings. The van der Waals surface area contributed by atoms with E-state index >= 15 is 0 Å². The van der Waals surface area contributed by atoms with Crippen molar-refractivity contribution in [1.82, 2.24) is 19.8 Å². The Morgan fingerprint density at radius 1 is 1.03 bits per heavy atom. The maximum absolute atomic E-state index is 13.3. The number of nitrogens with one attached hydrogen (secondary N) is 1. The molecule has 0 spiro atoms. The number of pyridine rings is 1. The molecule has 2 aromatic carbocycles. The summed E-state index contributed by atoms with van der Waals surface area (Å²) < 4.78 is 15.6. The number of benzene rings is 2. The topological polar surface area (TPSA) is 33.1 Å². The van der Waals surface area contributed by atoms with E-state index in [1.807, 2.05) is 12.1 Å². The Morgan fingerprint density at radius 3 is 2.57 bits per heavy atom. The number of para-hydroxylation sites is 1. The highest BCUT2D eigenvalue weighted by molar-refractivity contribution is 6.08. The van der Waals surface area contributed by atoms with Crippen molar-refractivity contribution >= 4 is 21.8 Å². The van der Waals surface area contributed by atoms with Gasteiger partial charge in [0, 0.05) is 29.4 Å². The quantitative estimate of drug-likeness (QED) is 0.431. The molecule has 0 aliphatic heterocycles. The van der Waals surface area contributed by atoms with Gasteiger partial charge in [-0.25, -0.2) is 4.39 Å². The summed E-state index contributed by atoms with van der Waals surface area (Å²) in [6.07, 6.45) is 1.12. The predicted octanol–water partition coefficient (Wildman–Crippen LogP) is 4.73. The lowest BCUT2D eigenvalue weighted by molar-refractivity contribution is 0.394. The lowest BCUT2D eigenvalue weighted by Gasteiger charge is -2.11. The molecule has 1 N–H and O–H groups in total. The molecule has 0 aliphatic carbocycles. The zero-order valence-corrected chi connectivity index (χ0v) is 18.0. The first-order chi connectivity index (χ1) is 14.5. The van der Waals surface area contributed by atoms with E-state index in [1.165, 1.54) is 28.4 Å². The molecule has 30 heavy (non-hydrogen) atoms. The van der Waals surface area contributed by atoms with Crippen LogP contribution in [0.3, 0.4) is 0 Å². The third kappa shape index (κ3) is 4.37. The molecule has 2 aromatic heterocycles. The lowest BCUT2D eigenvalue weighted by Crippen LogP contribution is -2.21. The first kappa shape index (κ1) is 20.5. The van der Waals surface area contributed by atoms with Crippen LogP contribution in [0.5, 0.6) is 0 Å². The van der Waals surface area contributed by atoms with Crippen LogP contribution in [0, 0.1) is 12.7 Å². The second kappa shape index (κ2) is 8.94. The second-order valence-corrected chi connectivity index (χ2v) is 8.16. The predicted molar refractivity (Wildman–Crippen MR) is 122 cm³/mol. The Morgan fingerprint density at radius 2 is 1.80 bits per heavy atom. The molecule has 0 saturated heterocycles. The number of nitrogens with zero attached hydrogens (tertiary/aromatic N) is 3. The summed E-state index contributed by atoms with van der Waals surface area (Å²) in [7, 11) is 4.20. The van der Waals surface area contributed by atoms with Gasteiger partial charge >= 0.3 is 0 Å². The molecule has 156 valence electrons. The van der Waals surface area contributed by atoms with Crippen molar-refractivity contribution < 1.29 is 4.39 Å².